The van der Waals surface area contributed by atoms with Crippen LogP contribution in [0.25, 0.3) is 0 Å². The number of hydrogen-bond donors (Lipinski definition) is 2. The highest BCUT2D eigenvalue weighted by Crippen LogP contribution is 2.22. The molecule has 2 amide bonds. The summed E-state index contributed by atoms with van der Waals surface area (Å²) in [6.07, 6.45) is 2.36. The Kier molecular flexibility index (Phi) is 6.18. The van der Waals surface area contributed by atoms with Crippen molar-refractivity contribution in [3.8, 4) is 0 Å². The maximum Gasteiger partial charge on any atom is 0.253 e. The van der Waals surface area contributed by atoms with Gasteiger partial charge in [0.2, 0.25) is 5.91 Å². The SMILES string of the molecule is CCCC(N)C(=O)Nc1ccc2c(c1)C(=O)N(C)CC2.Cl. The number of carbonyl (C=O) groups is 2. The van der Waals surface area contributed by atoms with E-state index in [0.29, 0.717) is 17.7 Å². The average Bonchev–Trinajstić information content (AvgIpc) is 2.43. The van der Waals surface area contributed by atoms with Crippen molar-refractivity contribution in [2.24, 2.45) is 5.73 Å². The van der Waals surface area contributed by atoms with Crippen LogP contribution in [0.1, 0.15) is 35.7 Å². The van der Waals surface area contributed by atoms with Gasteiger partial charge in [-0.2, -0.15) is 0 Å². The zero-order valence-electron chi connectivity index (χ0n) is 12.4. The third kappa shape index (κ3) is 3.95. The number of benzene rings is 1. The van der Waals surface area contributed by atoms with Crippen LogP contribution in [0.3, 0.4) is 0 Å². The Labute approximate surface area is 131 Å². The van der Waals surface area contributed by atoms with Crippen LogP contribution in [0, 0.1) is 0 Å². The number of rotatable bonds is 4. The van der Waals surface area contributed by atoms with Crippen molar-refractivity contribution in [1.29, 1.82) is 0 Å². The van der Waals surface area contributed by atoms with E-state index in [0.717, 1.165) is 24.9 Å². The lowest BCUT2D eigenvalue weighted by molar-refractivity contribution is -0.117. The van der Waals surface area contributed by atoms with E-state index in [1.165, 1.54) is 0 Å². The van der Waals surface area contributed by atoms with E-state index in [2.05, 4.69) is 5.32 Å². The van der Waals surface area contributed by atoms with Crippen LogP contribution >= 0.6 is 12.4 Å². The predicted molar refractivity (Wildman–Crippen MR) is 85.9 cm³/mol. The summed E-state index contributed by atoms with van der Waals surface area (Å²) in [4.78, 5) is 25.7. The topological polar surface area (TPSA) is 75.4 Å². The Bertz CT molecular complexity index is 534. The molecule has 1 heterocycles. The van der Waals surface area contributed by atoms with E-state index in [1.54, 1.807) is 18.0 Å². The van der Waals surface area contributed by atoms with Crippen molar-refractivity contribution in [3.05, 3.63) is 29.3 Å². The number of halogens is 1. The van der Waals surface area contributed by atoms with Crippen molar-refractivity contribution in [2.45, 2.75) is 32.2 Å². The lowest BCUT2D eigenvalue weighted by atomic mass is 9.98. The first-order valence-electron chi connectivity index (χ1n) is 6.97. The van der Waals surface area contributed by atoms with Gasteiger partial charge in [0.25, 0.3) is 5.91 Å². The molecule has 0 aromatic heterocycles. The molecule has 116 valence electrons. The van der Waals surface area contributed by atoms with Crippen LogP contribution < -0.4 is 11.1 Å². The highest BCUT2D eigenvalue weighted by Gasteiger charge is 2.22. The molecule has 6 heteroatoms. The van der Waals surface area contributed by atoms with Gasteiger partial charge in [0, 0.05) is 24.8 Å². The zero-order chi connectivity index (χ0) is 14.7. The molecule has 21 heavy (non-hydrogen) atoms. The summed E-state index contributed by atoms with van der Waals surface area (Å²) in [5.41, 5.74) is 8.10. The van der Waals surface area contributed by atoms with E-state index in [4.69, 9.17) is 5.73 Å². The number of hydrogen-bond acceptors (Lipinski definition) is 3. The Balaban J connectivity index is 0.00000220. The maximum absolute atomic E-state index is 12.1. The van der Waals surface area contributed by atoms with Gasteiger partial charge >= 0.3 is 0 Å². The van der Waals surface area contributed by atoms with E-state index < -0.39 is 6.04 Å². The van der Waals surface area contributed by atoms with Gasteiger partial charge in [0.15, 0.2) is 0 Å². The highest BCUT2D eigenvalue weighted by molar-refractivity contribution is 6.00. The highest BCUT2D eigenvalue weighted by atomic mass is 35.5. The van der Waals surface area contributed by atoms with Gasteiger partial charge in [-0.25, -0.2) is 0 Å². The summed E-state index contributed by atoms with van der Waals surface area (Å²) < 4.78 is 0. The number of amides is 2. The number of fused-ring (bicyclic) bond motifs is 1. The molecule has 2 rings (SSSR count). The minimum Gasteiger partial charge on any atom is -0.341 e. The summed E-state index contributed by atoms with van der Waals surface area (Å²) in [5, 5.41) is 2.78. The molecule has 0 saturated heterocycles. The van der Waals surface area contributed by atoms with E-state index in [1.807, 2.05) is 19.1 Å². The fraction of sp³-hybridized carbons (Fsp3) is 0.467. The van der Waals surface area contributed by atoms with Gasteiger partial charge in [-0.15, -0.1) is 12.4 Å². The molecule has 0 spiro atoms. The smallest absolute Gasteiger partial charge is 0.253 e. The minimum atomic E-state index is -0.505. The van der Waals surface area contributed by atoms with Crippen molar-refractivity contribution >= 4 is 29.9 Å². The van der Waals surface area contributed by atoms with Crippen LogP contribution in [0.4, 0.5) is 5.69 Å². The van der Waals surface area contributed by atoms with Gasteiger partial charge < -0.3 is 16.0 Å². The van der Waals surface area contributed by atoms with E-state index >= 15 is 0 Å². The molecule has 1 atom stereocenters. The number of anilines is 1. The van der Waals surface area contributed by atoms with Crippen molar-refractivity contribution < 1.29 is 9.59 Å². The number of nitrogens with one attached hydrogen (secondary N) is 1. The lowest BCUT2D eigenvalue weighted by Crippen LogP contribution is -2.36. The Morgan fingerprint density at radius 3 is 2.86 bits per heavy atom. The standard InChI is InChI=1S/C15H21N3O2.ClH/c1-3-4-13(16)14(19)17-11-6-5-10-7-8-18(2)15(20)12(10)9-11;/h5-6,9,13H,3-4,7-8,16H2,1-2H3,(H,17,19);1H. The van der Waals surface area contributed by atoms with Gasteiger partial charge in [0.1, 0.15) is 0 Å². The third-order valence-electron chi connectivity index (χ3n) is 3.61. The molecule has 1 unspecified atom stereocenters. The van der Waals surface area contributed by atoms with Crippen LogP contribution in [0.5, 0.6) is 0 Å². The summed E-state index contributed by atoms with van der Waals surface area (Å²) in [5.74, 6) is -0.205. The summed E-state index contributed by atoms with van der Waals surface area (Å²) >= 11 is 0. The van der Waals surface area contributed by atoms with Crippen molar-refractivity contribution in [2.75, 3.05) is 18.9 Å². The molecule has 1 aromatic carbocycles. The van der Waals surface area contributed by atoms with E-state index in [-0.39, 0.29) is 24.2 Å². The maximum atomic E-state index is 12.1. The first kappa shape index (κ1) is 17.5. The summed E-state index contributed by atoms with van der Waals surface area (Å²) in [6.45, 7) is 2.72. The molecular formula is C15H22ClN3O2. The monoisotopic (exact) mass is 311 g/mol. The Morgan fingerprint density at radius 2 is 2.19 bits per heavy atom. The molecule has 1 aliphatic heterocycles. The second kappa shape index (κ2) is 7.43. The molecule has 0 fully saturated rings. The van der Waals surface area contributed by atoms with Gasteiger partial charge in [-0.3, -0.25) is 9.59 Å². The quantitative estimate of drug-likeness (QED) is 0.890. The normalized spacial score (nSPS) is 15.0. The molecule has 3 N–H and O–H groups in total. The molecule has 0 bridgehead atoms. The molecule has 0 saturated carbocycles. The number of nitrogens with zero attached hydrogens (tertiary/aromatic N) is 1. The first-order valence-corrected chi connectivity index (χ1v) is 6.97. The van der Waals surface area contributed by atoms with Crippen LogP contribution in [0.2, 0.25) is 0 Å². The fourth-order valence-corrected chi connectivity index (χ4v) is 2.34. The molecule has 1 aromatic rings. The van der Waals surface area contributed by atoms with Crippen LogP contribution in [0.15, 0.2) is 18.2 Å². The third-order valence-corrected chi connectivity index (χ3v) is 3.61. The van der Waals surface area contributed by atoms with Gasteiger partial charge in [-0.05, 0) is 30.5 Å². The van der Waals surface area contributed by atoms with Crippen molar-refractivity contribution in [1.82, 2.24) is 4.90 Å². The van der Waals surface area contributed by atoms with E-state index in [9.17, 15) is 9.59 Å². The van der Waals surface area contributed by atoms with Crippen molar-refractivity contribution in [3.63, 3.8) is 0 Å². The predicted octanol–water partition coefficient (Wildman–Crippen LogP) is 1.80. The molecule has 1 aliphatic rings. The second-order valence-electron chi connectivity index (χ2n) is 5.23. The first-order chi connectivity index (χ1) is 9.52. The molecular weight excluding hydrogens is 290 g/mol. The molecule has 0 aliphatic carbocycles. The number of likely N-dealkylation sites (N-methyl/N-ethyl adjacent to an activating group) is 1. The lowest BCUT2D eigenvalue weighted by Gasteiger charge is -2.25. The fourth-order valence-electron chi connectivity index (χ4n) is 2.34. The zero-order valence-corrected chi connectivity index (χ0v) is 13.2. The summed E-state index contributed by atoms with van der Waals surface area (Å²) in [7, 11) is 1.79. The van der Waals surface area contributed by atoms with Crippen LogP contribution in [-0.2, 0) is 11.2 Å². The second-order valence-corrected chi connectivity index (χ2v) is 5.23. The van der Waals surface area contributed by atoms with Crippen LogP contribution in [-0.4, -0.2) is 36.3 Å². The molecule has 0 radical (unpaired) electrons. The van der Waals surface area contributed by atoms with Gasteiger partial charge in [0.05, 0.1) is 6.04 Å². The Morgan fingerprint density at radius 1 is 1.48 bits per heavy atom. The average molecular weight is 312 g/mol. The largest absolute Gasteiger partial charge is 0.341 e. The van der Waals surface area contributed by atoms with Gasteiger partial charge in [-0.1, -0.05) is 19.4 Å². The number of carbonyl (C=O) groups excluding carboxylic acids is 2. The minimum absolute atomic E-state index is 0. The number of nitrogens with two attached hydrogens (primary N) is 1. The molecule has 5 nitrogen and oxygen atoms in total. The summed E-state index contributed by atoms with van der Waals surface area (Å²) in [6, 6.07) is 4.97. The Hall–Kier alpha value is -1.59.